The Hall–Kier alpha value is -3.45. The van der Waals surface area contributed by atoms with Gasteiger partial charge in [0.2, 0.25) is 5.88 Å². The maximum atomic E-state index is 10.7. The summed E-state index contributed by atoms with van der Waals surface area (Å²) in [7, 11) is 1.91. The van der Waals surface area contributed by atoms with Gasteiger partial charge in [0, 0.05) is 38.9 Å². The molecule has 0 aliphatic carbocycles. The highest BCUT2D eigenvalue weighted by atomic mass is 16.5. The molecule has 0 fully saturated rings. The Bertz CT molecular complexity index is 1210. The van der Waals surface area contributed by atoms with E-state index in [4.69, 9.17) is 14.6 Å². The molecule has 6 nitrogen and oxygen atoms in total. The van der Waals surface area contributed by atoms with Gasteiger partial charge in [-0.3, -0.25) is 4.90 Å². The summed E-state index contributed by atoms with van der Waals surface area (Å²) in [5, 5.41) is 15.6. The van der Waals surface area contributed by atoms with Crippen molar-refractivity contribution in [1.29, 1.82) is 0 Å². The van der Waals surface area contributed by atoms with Gasteiger partial charge in [-0.05, 0) is 31.5 Å². The van der Waals surface area contributed by atoms with Crippen molar-refractivity contribution < 1.29 is 14.6 Å². The molecule has 0 saturated heterocycles. The first-order valence-electron chi connectivity index (χ1n) is 12.4. The molecular weight excluding hydrogens is 450 g/mol. The van der Waals surface area contributed by atoms with Crippen LogP contribution in [0.15, 0.2) is 84.9 Å². The van der Waals surface area contributed by atoms with Crippen LogP contribution in [0.1, 0.15) is 23.6 Å². The summed E-state index contributed by atoms with van der Waals surface area (Å²) in [5.41, 5.74) is 5.22. The Morgan fingerprint density at radius 3 is 2.25 bits per heavy atom. The zero-order valence-corrected chi connectivity index (χ0v) is 21.3. The van der Waals surface area contributed by atoms with Crippen molar-refractivity contribution in [2.24, 2.45) is 7.05 Å². The first kappa shape index (κ1) is 25.6. The van der Waals surface area contributed by atoms with Crippen molar-refractivity contribution in [3.63, 3.8) is 0 Å². The van der Waals surface area contributed by atoms with Crippen molar-refractivity contribution in [2.45, 2.75) is 33.0 Å². The lowest BCUT2D eigenvalue weighted by Crippen LogP contribution is -2.34. The average Bonchev–Trinajstić information content (AvgIpc) is 3.19. The van der Waals surface area contributed by atoms with E-state index in [1.54, 1.807) is 4.68 Å². The van der Waals surface area contributed by atoms with Gasteiger partial charge in [0.15, 0.2) is 0 Å². The van der Waals surface area contributed by atoms with Crippen LogP contribution >= 0.6 is 0 Å². The van der Waals surface area contributed by atoms with Gasteiger partial charge in [-0.1, -0.05) is 78.4 Å². The van der Waals surface area contributed by atoms with Gasteiger partial charge in [0.05, 0.1) is 18.3 Å². The first-order valence-corrected chi connectivity index (χ1v) is 12.4. The van der Waals surface area contributed by atoms with Gasteiger partial charge in [-0.2, -0.15) is 5.10 Å². The average molecular weight is 486 g/mol. The fraction of sp³-hybridized carbons (Fsp3) is 0.300. The second-order valence-electron chi connectivity index (χ2n) is 9.01. The molecule has 1 aromatic heterocycles. The molecular formula is C30H35N3O3. The highest BCUT2D eigenvalue weighted by Crippen LogP contribution is 2.34. The lowest BCUT2D eigenvalue weighted by molar-refractivity contribution is 0.0179. The molecule has 0 radical (unpaired) electrons. The minimum Gasteiger partial charge on any atom is -0.439 e. The van der Waals surface area contributed by atoms with Crippen LogP contribution in [0.3, 0.4) is 0 Å². The van der Waals surface area contributed by atoms with E-state index in [0.717, 1.165) is 22.6 Å². The van der Waals surface area contributed by atoms with E-state index in [0.29, 0.717) is 38.7 Å². The quantitative estimate of drug-likeness (QED) is 0.284. The molecule has 0 saturated carbocycles. The second kappa shape index (κ2) is 12.5. The fourth-order valence-corrected chi connectivity index (χ4v) is 4.22. The third kappa shape index (κ3) is 6.82. The minimum atomic E-state index is -0.605. The normalized spacial score (nSPS) is 12.1. The largest absolute Gasteiger partial charge is 0.439 e. The Labute approximate surface area is 213 Å². The molecule has 188 valence electrons. The van der Waals surface area contributed by atoms with Crippen LogP contribution in [0.5, 0.6) is 11.6 Å². The molecule has 0 aliphatic heterocycles. The zero-order valence-electron chi connectivity index (χ0n) is 21.3. The number of hydrogen-bond donors (Lipinski definition) is 1. The van der Waals surface area contributed by atoms with Crippen LogP contribution in [0.2, 0.25) is 0 Å². The number of aliphatic hydroxyl groups excluding tert-OH is 1. The molecule has 1 heterocycles. The molecule has 6 heteroatoms. The predicted octanol–water partition coefficient (Wildman–Crippen LogP) is 5.59. The predicted molar refractivity (Wildman–Crippen MR) is 143 cm³/mol. The van der Waals surface area contributed by atoms with Crippen molar-refractivity contribution in [3.8, 4) is 22.9 Å². The molecule has 36 heavy (non-hydrogen) atoms. The van der Waals surface area contributed by atoms with Crippen molar-refractivity contribution >= 4 is 0 Å². The molecule has 0 bridgehead atoms. The lowest BCUT2D eigenvalue weighted by Gasteiger charge is -2.26. The van der Waals surface area contributed by atoms with E-state index in [-0.39, 0.29) is 0 Å². The fourth-order valence-electron chi connectivity index (χ4n) is 4.22. The van der Waals surface area contributed by atoms with Crippen LogP contribution in [0, 0.1) is 6.92 Å². The van der Waals surface area contributed by atoms with Crippen LogP contribution < -0.4 is 4.74 Å². The standard InChI is InChI=1S/C30H35N3O3/c1-4-35-22-26(34)20-33(19-24-11-7-5-8-12-24)21-28-29(25-13-9-6-10-14-25)31-32(3)30(28)36-27-17-15-23(2)16-18-27/h5-18,26,34H,4,19-22H2,1-3H3/t26-/m1/s1. The molecule has 0 aliphatic rings. The summed E-state index contributed by atoms with van der Waals surface area (Å²) in [4.78, 5) is 2.23. The Morgan fingerprint density at radius 1 is 0.917 bits per heavy atom. The van der Waals surface area contributed by atoms with Gasteiger partial charge in [0.1, 0.15) is 11.4 Å². The number of aryl methyl sites for hydroxylation is 2. The molecule has 0 unspecified atom stereocenters. The molecule has 1 N–H and O–H groups in total. The van der Waals surface area contributed by atoms with Crippen LogP contribution in [0.25, 0.3) is 11.3 Å². The number of hydrogen-bond acceptors (Lipinski definition) is 5. The topological polar surface area (TPSA) is 59.8 Å². The molecule has 3 aromatic carbocycles. The summed E-state index contributed by atoms with van der Waals surface area (Å²) >= 11 is 0. The maximum Gasteiger partial charge on any atom is 0.222 e. The SMILES string of the molecule is CCOC[C@H](O)CN(Cc1ccccc1)Cc1c(-c2ccccc2)nn(C)c1Oc1ccc(C)cc1. The van der Waals surface area contributed by atoms with Gasteiger partial charge >= 0.3 is 0 Å². The highest BCUT2D eigenvalue weighted by Gasteiger charge is 2.23. The van der Waals surface area contributed by atoms with Gasteiger partial charge in [-0.25, -0.2) is 4.68 Å². The number of rotatable bonds is 12. The number of benzene rings is 3. The molecule has 0 spiro atoms. The first-order chi connectivity index (χ1) is 17.5. The summed E-state index contributed by atoms with van der Waals surface area (Å²) in [6, 6.07) is 28.5. The maximum absolute atomic E-state index is 10.7. The summed E-state index contributed by atoms with van der Waals surface area (Å²) < 4.78 is 13.7. The van der Waals surface area contributed by atoms with Gasteiger partial charge in [0.25, 0.3) is 0 Å². The van der Waals surface area contributed by atoms with Gasteiger partial charge in [-0.15, -0.1) is 0 Å². The van der Waals surface area contributed by atoms with Crippen LogP contribution in [0.4, 0.5) is 0 Å². The Kier molecular flexibility index (Phi) is 8.90. The van der Waals surface area contributed by atoms with E-state index < -0.39 is 6.10 Å². The lowest BCUT2D eigenvalue weighted by atomic mass is 10.1. The number of aliphatic hydroxyl groups is 1. The number of aromatic nitrogens is 2. The Morgan fingerprint density at radius 2 is 1.58 bits per heavy atom. The van der Waals surface area contributed by atoms with E-state index in [9.17, 15) is 5.11 Å². The third-order valence-corrected chi connectivity index (χ3v) is 5.98. The number of nitrogens with zero attached hydrogens (tertiary/aromatic N) is 3. The summed E-state index contributed by atoms with van der Waals surface area (Å²) in [6.45, 7) is 6.56. The van der Waals surface area contributed by atoms with Crippen molar-refractivity contribution in [3.05, 3.63) is 102 Å². The summed E-state index contributed by atoms with van der Waals surface area (Å²) in [5.74, 6) is 1.45. The van der Waals surface area contributed by atoms with Crippen molar-refractivity contribution in [2.75, 3.05) is 19.8 Å². The monoisotopic (exact) mass is 485 g/mol. The van der Waals surface area contributed by atoms with Gasteiger partial charge < -0.3 is 14.6 Å². The smallest absolute Gasteiger partial charge is 0.222 e. The minimum absolute atomic E-state index is 0.299. The zero-order chi connectivity index (χ0) is 25.3. The van der Waals surface area contributed by atoms with Crippen LogP contribution in [-0.2, 0) is 24.9 Å². The second-order valence-corrected chi connectivity index (χ2v) is 9.01. The molecule has 4 rings (SSSR count). The Balaban J connectivity index is 1.70. The van der Waals surface area contributed by atoms with E-state index in [2.05, 4.69) is 36.1 Å². The molecule has 0 amide bonds. The number of ether oxygens (including phenoxy) is 2. The van der Waals surface area contributed by atoms with E-state index in [1.165, 1.54) is 11.1 Å². The van der Waals surface area contributed by atoms with Crippen molar-refractivity contribution in [1.82, 2.24) is 14.7 Å². The van der Waals surface area contributed by atoms with Crippen LogP contribution in [-0.4, -0.2) is 45.6 Å². The summed E-state index contributed by atoms with van der Waals surface area (Å²) in [6.07, 6.45) is -0.605. The highest BCUT2D eigenvalue weighted by molar-refractivity contribution is 5.65. The van der Waals surface area contributed by atoms with E-state index >= 15 is 0 Å². The third-order valence-electron chi connectivity index (χ3n) is 5.98. The molecule has 1 atom stereocenters. The van der Waals surface area contributed by atoms with E-state index in [1.807, 2.05) is 74.6 Å². The molecule has 4 aromatic rings.